The molecule has 136 valence electrons. The average molecular weight is 363 g/mol. The van der Waals surface area contributed by atoms with Crippen molar-refractivity contribution in [2.45, 2.75) is 20.8 Å². The normalized spacial score (nSPS) is 11.6. The molecular weight excluding hydrogens is 338 g/mol. The second-order valence-corrected chi connectivity index (χ2v) is 8.19. The lowest BCUT2D eigenvalue weighted by atomic mass is 9.93. The molecule has 0 saturated heterocycles. The molecule has 2 rings (SSSR count). The SMILES string of the molecule is Cc1cc(NC(=O)c2ccco2)sc1C(=O)NCC(C)(C)CN(C)C. The zero-order valence-corrected chi connectivity index (χ0v) is 16.1. The number of nitrogens with one attached hydrogen (secondary N) is 2. The highest BCUT2D eigenvalue weighted by Crippen LogP contribution is 2.27. The van der Waals surface area contributed by atoms with Gasteiger partial charge in [-0.05, 0) is 50.2 Å². The summed E-state index contributed by atoms with van der Waals surface area (Å²) in [6.07, 6.45) is 1.45. The van der Waals surface area contributed by atoms with E-state index in [0.29, 0.717) is 16.4 Å². The van der Waals surface area contributed by atoms with Crippen LogP contribution in [-0.2, 0) is 0 Å². The molecule has 0 aliphatic rings. The van der Waals surface area contributed by atoms with Gasteiger partial charge in [0, 0.05) is 13.1 Å². The first kappa shape index (κ1) is 19.2. The standard InChI is InChI=1S/C18H25N3O3S/c1-12-9-14(20-16(22)13-7-6-8-24-13)25-15(12)17(23)19-10-18(2,3)11-21(4)5/h6-9H,10-11H2,1-5H3,(H,19,23)(H,20,22). The van der Waals surface area contributed by atoms with Crippen LogP contribution in [0.3, 0.4) is 0 Å². The molecule has 0 fully saturated rings. The summed E-state index contributed by atoms with van der Waals surface area (Å²) in [4.78, 5) is 27.2. The van der Waals surface area contributed by atoms with Crippen molar-refractivity contribution < 1.29 is 14.0 Å². The zero-order valence-electron chi connectivity index (χ0n) is 15.3. The highest BCUT2D eigenvalue weighted by molar-refractivity contribution is 7.18. The molecule has 0 aliphatic carbocycles. The van der Waals surface area contributed by atoms with Gasteiger partial charge in [0.05, 0.1) is 16.1 Å². The van der Waals surface area contributed by atoms with Gasteiger partial charge in [-0.1, -0.05) is 13.8 Å². The predicted molar refractivity (Wildman–Crippen MR) is 100 cm³/mol. The minimum atomic E-state index is -0.328. The number of hydrogen-bond donors (Lipinski definition) is 2. The van der Waals surface area contributed by atoms with Gasteiger partial charge < -0.3 is 20.0 Å². The van der Waals surface area contributed by atoms with E-state index in [-0.39, 0.29) is 23.0 Å². The number of aryl methyl sites for hydroxylation is 1. The third kappa shape index (κ3) is 5.44. The highest BCUT2D eigenvalue weighted by Gasteiger charge is 2.22. The molecule has 6 nitrogen and oxygen atoms in total. The van der Waals surface area contributed by atoms with E-state index in [4.69, 9.17) is 4.42 Å². The minimum absolute atomic E-state index is 0.0271. The smallest absolute Gasteiger partial charge is 0.291 e. The van der Waals surface area contributed by atoms with E-state index >= 15 is 0 Å². The zero-order chi connectivity index (χ0) is 18.6. The monoisotopic (exact) mass is 363 g/mol. The van der Waals surface area contributed by atoms with E-state index in [1.165, 1.54) is 17.6 Å². The first-order valence-electron chi connectivity index (χ1n) is 8.06. The van der Waals surface area contributed by atoms with E-state index in [2.05, 4.69) is 29.4 Å². The van der Waals surface area contributed by atoms with Gasteiger partial charge in [-0.15, -0.1) is 11.3 Å². The van der Waals surface area contributed by atoms with Crippen molar-refractivity contribution in [2.24, 2.45) is 5.41 Å². The number of carbonyl (C=O) groups is 2. The summed E-state index contributed by atoms with van der Waals surface area (Å²) in [6, 6.07) is 5.05. The van der Waals surface area contributed by atoms with Gasteiger partial charge >= 0.3 is 0 Å². The lowest BCUT2D eigenvalue weighted by molar-refractivity contribution is 0.0932. The van der Waals surface area contributed by atoms with Crippen LogP contribution in [0.1, 0.15) is 39.6 Å². The lowest BCUT2D eigenvalue weighted by Crippen LogP contribution is -2.39. The van der Waals surface area contributed by atoms with Crippen molar-refractivity contribution in [3.8, 4) is 0 Å². The Labute approximate surface area is 152 Å². The van der Waals surface area contributed by atoms with Crippen LogP contribution in [-0.4, -0.2) is 43.9 Å². The molecule has 0 radical (unpaired) electrons. The molecule has 2 heterocycles. The van der Waals surface area contributed by atoms with Crippen molar-refractivity contribution >= 4 is 28.2 Å². The van der Waals surface area contributed by atoms with E-state index in [1.54, 1.807) is 18.2 Å². The summed E-state index contributed by atoms with van der Waals surface area (Å²) in [5.74, 6) is -0.208. The van der Waals surface area contributed by atoms with Gasteiger partial charge in [0.2, 0.25) is 0 Å². The number of hydrogen-bond acceptors (Lipinski definition) is 5. The maximum absolute atomic E-state index is 12.5. The summed E-state index contributed by atoms with van der Waals surface area (Å²) < 4.78 is 5.07. The second-order valence-electron chi connectivity index (χ2n) is 7.14. The highest BCUT2D eigenvalue weighted by atomic mass is 32.1. The van der Waals surface area contributed by atoms with E-state index in [9.17, 15) is 9.59 Å². The summed E-state index contributed by atoms with van der Waals surface area (Å²) >= 11 is 1.26. The Morgan fingerprint density at radius 3 is 2.60 bits per heavy atom. The van der Waals surface area contributed by atoms with Crippen LogP contribution >= 0.6 is 11.3 Å². The maximum atomic E-state index is 12.5. The fourth-order valence-electron chi connectivity index (χ4n) is 2.66. The fraction of sp³-hybridized carbons (Fsp3) is 0.444. The van der Waals surface area contributed by atoms with Gasteiger partial charge in [0.25, 0.3) is 11.8 Å². The number of amides is 2. The van der Waals surface area contributed by atoms with Crippen molar-refractivity contribution in [3.05, 3.63) is 40.7 Å². The van der Waals surface area contributed by atoms with Crippen molar-refractivity contribution in [2.75, 3.05) is 32.5 Å². The van der Waals surface area contributed by atoms with Crippen molar-refractivity contribution in [3.63, 3.8) is 0 Å². The van der Waals surface area contributed by atoms with Gasteiger partial charge in [-0.3, -0.25) is 9.59 Å². The molecule has 0 saturated carbocycles. The Morgan fingerprint density at radius 1 is 1.28 bits per heavy atom. The molecular formula is C18H25N3O3S. The van der Waals surface area contributed by atoms with Crippen LogP contribution in [0.2, 0.25) is 0 Å². The van der Waals surface area contributed by atoms with Crippen LogP contribution in [0.25, 0.3) is 0 Å². The van der Waals surface area contributed by atoms with E-state index in [1.807, 2.05) is 21.0 Å². The summed E-state index contributed by atoms with van der Waals surface area (Å²) in [6.45, 7) is 7.54. The first-order valence-corrected chi connectivity index (χ1v) is 8.88. The molecule has 2 aromatic heterocycles. The lowest BCUT2D eigenvalue weighted by Gasteiger charge is -2.28. The Hall–Kier alpha value is -2.12. The second kappa shape index (κ2) is 7.84. The van der Waals surface area contributed by atoms with Crippen LogP contribution in [0.5, 0.6) is 0 Å². The van der Waals surface area contributed by atoms with Gasteiger partial charge in [0.15, 0.2) is 5.76 Å². The molecule has 2 N–H and O–H groups in total. The minimum Gasteiger partial charge on any atom is -0.459 e. The molecule has 25 heavy (non-hydrogen) atoms. The number of furan rings is 1. The number of thiophene rings is 1. The van der Waals surface area contributed by atoms with Crippen molar-refractivity contribution in [1.29, 1.82) is 0 Å². The molecule has 0 atom stereocenters. The van der Waals surface area contributed by atoms with Crippen LogP contribution in [0.4, 0.5) is 5.00 Å². The van der Waals surface area contributed by atoms with Gasteiger partial charge in [0.1, 0.15) is 0 Å². The molecule has 7 heteroatoms. The summed E-state index contributed by atoms with van der Waals surface area (Å²) in [5, 5.41) is 6.37. The Kier molecular flexibility index (Phi) is 6.02. The number of carbonyl (C=O) groups excluding carboxylic acids is 2. The van der Waals surface area contributed by atoms with Crippen LogP contribution in [0, 0.1) is 12.3 Å². The molecule has 2 aromatic rings. The number of rotatable bonds is 7. The predicted octanol–water partition coefficient (Wildman–Crippen LogP) is 3.22. The van der Waals surface area contributed by atoms with Crippen LogP contribution < -0.4 is 10.6 Å². The van der Waals surface area contributed by atoms with Gasteiger partial charge in [-0.25, -0.2) is 0 Å². The quantitative estimate of drug-likeness (QED) is 0.792. The maximum Gasteiger partial charge on any atom is 0.291 e. The molecule has 0 spiro atoms. The third-order valence-electron chi connectivity index (χ3n) is 3.58. The van der Waals surface area contributed by atoms with Crippen LogP contribution in [0.15, 0.2) is 28.9 Å². The first-order chi connectivity index (χ1) is 11.7. The Bertz CT molecular complexity index is 733. The molecule has 2 amide bonds. The van der Waals surface area contributed by atoms with Crippen molar-refractivity contribution in [1.82, 2.24) is 10.2 Å². The largest absolute Gasteiger partial charge is 0.459 e. The third-order valence-corrected chi connectivity index (χ3v) is 4.73. The topological polar surface area (TPSA) is 74.6 Å². The molecule has 0 bridgehead atoms. The Balaban J connectivity index is 1.99. The average Bonchev–Trinajstić information content (AvgIpc) is 3.13. The molecule has 0 aromatic carbocycles. The number of anilines is 1. The molecule has 0 aliphatic heterocycles. The molecule has 0 unspecified atom stereocenters. The number of nitrogens with zero attached hydrogens (tertiary/aromatic N) is 1. The Morgan fingerprint density at radius 2 is 2.00 bits per heavy atom. The summed E-state index contributed by atoms with van der Waals surface area (Å²) in [5.41, 5.74) is 0.809. The van der Waals surface area contributed by atoms with Gasteiger partial charge in [-0.2, -0.15) is 0 Å². The van der Waals surface area contributed by atoms with E-state index in [0.717, 1.165) is 12.1 Å². The van der Waals surface area contributed by atoms with E-state index < -0.39 is 0 Å². The fourth-order valence-corrected chi connectivity index (χ4v) is 3.65. The summed E-state index contributed by atoms with van der Waals surface area (Å²) in [7, 11) is 4.03.